The van der Waals surface area contributed by atoms with Gasteiger partial charge < -0.3 is 4.74 Å². The monoisotopic (exact) mass is 428 g/mol. The average molecular weight is 428 g/mol. The molecule has 0 saturated carbocycles. The maximum absolute atomic E-state index is 11.8. The third-order valence-electron chi connectivity index (χ3n) is 1.88. The van der Waals surface area contributed by atoms with Gasteiger partial charge in [-0.25, -0.2) is 8.42 Å². The highest BCUT2D eigenvalue weighted by atomic mass is 127. The number of hydrogen-bond acceptors (Lipinski definition) is 3. The number of alkyl halides is 1. The van der Waals surface area contributed by atoms with E-state index in [1.807, 2.05) is 22.6 Å². The summed E-state index contributed by atoms with van der Waals surface area (Å²) in [6.07, 6.45) is 0. The standard InChI is InChI=1S/C7H10I2O3S/c1-5(9)7-4-12-3-6(2-8)13(7,10)11/h6H,2-4H2,1H3/b7-5+. The first-order chi connectivity index (χ1) is 6.00. The Hall–Kier alpha value is 1.11. The van der Waals surface area contributed by atoms with E-state index in [2.05, 4.69) is 22.6 Å². The largest absolute Gasteiger partial charge is 0.375 e. The number of hydrogen-bond donors (Lipinski definition) is 0. The lowest BCUT2D eigenvalue weighted by Gasteiger charge is -2.23. The van der Waals surface area contributed by atoms with E-state index < -0.39 is 9.84 Å². The molecule has 0 aliphatic carbocycles. The van der Waals surface area contributed by atoms with Crippen molar-refractivity contribution >= 4 is 55.0 Å². The van der Waals surface area contributed by atoms with Crippen LogP contribution in [0.5, 0.6) is 0 Å². The Bertz CT molecular complexity index is 317. The molecular weight excluding hydrogens is 418 g/mol. The second-order valence-corrected chi connectivity index (χ2v) is 7.54. The molecule has 1 heterocycles. The molecule has 0 radical (unpaired) electrons. The molecule has 1 fully saturated rings. The van der Waals surface area contributed by atoms with E-state index in [1.165, 1.54) is 0 Å². The highest BCUT2D eigenvalue weighted by Gasteiger charge is 2.34. The zero-order valence-corrected chi connectivity index (χ0v) is 12.2. The van der Waals surface area contributed by atoms with Crippen LogP contribution in [0, 0.1) is 0 Å². The SMILES string of the molecule is C/C(I)=C1/COCC(CI)S1(=O)=O. The summed E-state index contributed by atoms with van der Waals surface area (Å²) in [6, 6.07) is 0. The van der Waals surface area contributed by atoms with Gasteiger partial charge in [0.05, 0.1) is 23.4 Å². The summed E-state index contributed by atoms with van der Waals surface area (Å²) in [5, 5.41) is -0.360. The van der Waals surface area contributed by atoms with E-state index >= 15 is 0 Å². The van der Waals surface area contributed by atoms with Gasteiger partial charge in [-0.1, -0.05) is 22.6 Å². The van der Waals surface area contributed by atoms with Crippen LogP contribution in [0.1, 0.15) is 6.92 Å². The summed E-state index contributed by atoms with van der Waals surface area (Å²) < 4.78 is 30.3. The van der Waals surface area contributed by atoms with Crippen LogP contribution in [-0.4, -0.2) is 31.3 Å². The maximum Gasteiger partial charge on any atom is 0.183 e. The molecule has 1 atom stereocenters. The Balaban J connectivity index is 3.10. The highest BCUT2D eigenvalue weighted by Crippen LogP contribution is 2.26. The fourth-order valence-electron chi connectivity index (χ4n) is 1.08. The highest BCUT2D eigenvalue weighted by molar-refractivity contribution is 14.1. The van der Waals surface area contributed by atoms with E-state index in [9.17, 15) is 8.42 Å². The Morgan fingerprint density at radius 3 is 2.77 bits per heavy atom. The van der Waals surface area contributed by atoms with Crippen molar-refractivity contribution in [2.75, 3.05) is 17.6 Å². The lowest BCUT2D eigenvalue weighted by atomic mass is 10.5. The minimum absolute atomic E-state index is 0.240. The van der Waals surface area contributed by atoms with Gasteiger partial charge in [0.25, 0.3) is 0 Å². The summed E-state index contributed by atoms with van der Waals surface area (Å²) in [4.78, 5) is 0.459. The summed E-state index contributed by atoms with van der Waals surface area (Å²) in [5.41, 5.74) is 0. The number of sulfone groups is 1. The van der Waals surface area contributed by atoms with Gasteiger partial charge in [0.15, 0.2) is 9.84 Å². The van der Waals surface area contributed by atoms with Crippen molar-refractivity contribution in [1.82, 2.24) is 0 Å². The molecule has 0 spiro atoms. The lowest BCUT2D eigenvalue weighted by Crippen LogP contribution is -2.36. The van der Waals surface area contributed by atoms with Crippen LogP contribution >= 0.6 is 45.2 Å². The predicted molar refractivity (Wildman–Crippen MR) is 69.1 cm³/mol. The van der Waals surface area contributed by atoms with Gasteiger partial charge in [-0.05, 0) is 29.5 Å². The lowest BCUT2D eigenvalue weighted by molar-refractivity contribution is 0.155. The van der Waals surface area contributed by atoms with Crippen LogP contribution < -0.4 is 0 Å². The molecule has 1 aliphatic heterocycles. The van der Waals surface area contributed by atoms with E-state index in [-0.39, 0.29) is 11.9 Å². The number of rotatable bonds is 1. The molecule has 3 nitrogen and oxygen atoms in total. The fourth-order valence-corrected chi connectivity index (χ4v) is 5.31. The normalized spacial score (nSPS) is 31.5. The van der Waals surface area contributed by atoms with Gasteiger partial charge in [0.1, 0.15) is 0 Å². The minimum atomic E-state index is -3.07. The van der Waals surface area contributed by atoms with E-state index in [0.29, 0.717) is 15.9 Å². The molecule has 6 heteroatoms. The number of allylic oxidation sites excluding steroid dienone is 1. The minimum Gasteiger partial charge on any atom is -0.375 e. The van der Waals surface area contributed by atoms with Crippen molar-refractivity contribution in [3.8, 4) is 0 Å². The summed E-state index contributed by atoms with van der Waals surface area (Å²) >= 11 is 4.11. The molecular formula is C7H10I2O3S. The molecule has 0 amide bonds. The first kappa shape index (κ1) is 12.2. The molecule has 1 rings (SSSR count). The van der Waals surface area contributed by atoms with Gasteiger partial charge in [0.2, 0.25) is 0 Å². The van der Waals surface area contributed by atoms with Crippen molar-refractivity contribution in [2.45, 2.75) is 12.2 Å². The Labute approximate surface area is 105 Å². The van der Waals surface area contributed by atoms with Crippen LogP contribution in [0.25, 0.3) is 0 Å². The molecule has 0 aromatic carbocycles. The second kappa shape index (κ2) is 4.75. The van der Waals surface area contributed by atoms with Gasteiger partial charge in [-0.15, -0.1) is 0 Å². The average Bonchev–Trinajstić information content (AvgIpc) is 2.02. The van der Waals surface area contributed by atoms with Crippen LogP contribution in [0.4, 0.5) is 0 Å². The molecule has 1 unspecified atom stereocenters. The van der Waals surface area contributed by atoms with E-state index in [1.54, 1.807) is 6.92 Å². The van der Waals surface area contributed by atoms with Gasteiger partial charge in [-0.2, -0.15) is 0 Å². The zero-order chi connectivity index (χ0) is 10.1. The quantitative estimate of drug-likeness (QED) is 0.474. The summed E-state index contributed by atoms with van der Waals surface area (Å²) in [5.74, 6) is 0. The van der Waals surface area contributed by atoms with Gasteiger partial charge in [-0.3, -0.25) is 0 Å². The van der Waals surface area contributed by atoms with Crippen molar-refractivity contribution < 1.29 is 13.2 Å². The first-order valence-electron chi connectivity index (χ1n) is 3.73. The first-order valence-corrected chi connectivity index (χ1v) is 7.88. The molecule has 0 aromatic rings. The summed E-state index contributed by atoms with van der Waals surface area (Å²) in [6.45, 7) is 2.37. The van der Waals surface area contributed by atoms with E-state index in [0.717, 1.165) is 3.58 Å². The number of halogens is 2. The number of ether oxygens (including phenoxy) is 1. The Morgan fingerprint density at radius 1 is 1.69 bits per heavy atom. The smallest absolute Gasteiger partial charge is 0.183 e. The predicted octanol–water partition coefficient (Wildman–Crippen LogP) is 1.90. The fraction of sp³-hybridized carbons (Fsp3) is 0.714. The maximum atomic E-state index is 11.8. The third kappa shape index (κ3) is 2.57. The van der Waals surface area contributed by atoms with Crippen LogP contribution in [0.2, 0.25) is 0 Å². The zero-order valence-electron chi connectivity index (χ0n) is 7.09. The summed E-state index contributed by atoms with van der Waals surface area (Å²) in [7, 11) is -3.07. The second-order valence-electron chi connectivity index (χ2n) is 2.79. The molecule has 0 N–H and O–H groups in total. The van der Waals surface area contributed by atoms with Crippen molar-refractivity contribution in [3.05, 3.63) is 8.48 Å². The van der Waals surface area contributed by atoms with Crippen molar-refractivity contribution in [3.63, 3.8) is 0 Å². The van der Waals surface area contributed by atoms with Crippen LogP contribution in [0.3, 0.4) is 0 Å². The molecule has 76 valence electrons. The van der Waals surface area contributed by atoms with Crippen molar-refractivity contribution in [2.24, 2.45) is 0 Å². The van der Waals surface area contributed by atoms with Crippen molar-refractivity contribution in [1.29, 1.82) is 0 Å². The molecule has 0 aromatic heterocycles. The molecule has 1 saturated heterocycles. The van der Waals surface area contributed by atoms with Crippen LogP contribution in [0.15, 0.2) is 8.48 Å². The topological polar surface area (TPSA) is 43.4 Å². The van der Waals surface area contributed by atoms with Gasteiger partial charge in [0, 0.05) is 8.01 Å². The molecule has 13 heavy (non-hydrogen) atoms. The third-order valence-corrected chi connectivity index (χ3v) is 6.84. The van der Waals surface area contributed by atoms with Gasteiger partial charge >= 0.3 is 0 Å². The molecule has 0 bridgehead atoms. The Morgan fingerprint density at radius 2 is 2.31 bits per heavy atom. The van der Waals surface area contributed by atoms with Crippen LogP contribution in [-0.2, 0) is 14.6 Å². The molecule has 1 aliphatic rings. The Kier molecular flexibility index (Phi) is 4.45. The van der Waals surface area contributed by atoms with E-state index in [4.69, 9.17) is 4.74 Å².